The summed E-state index contributed by atoms with van der Waals surface area (Å²) in [7, 11) is 0. The Labute approximate surface area is 295 Å². The van der Waals surface area contributed by atoms with Crippen molar-refractivity contribution in [3.8, 4) is 17.2 Å². The summed E-state index contributed by atoms with van der Waals surface area (Å²) in [6.45, 7) is 8.70. The zero-order chi connectivity index (χ0) is 35.2. The van der Waals surface area contributed by atoms with Crippen LogP contribution in [0.2, 0.25) is 0 Å². The molecular weight excluding hydrogens is 636 g/mol. The standard InChI is InChI=1S/C15H16O2.C13H14N2.C10H12O2.C3H5ClO/c1-15(2,11-3-7-13(16)8-4-11)12-5-9-14(17)10-6-12;14-12-5-1-10(2-6-12)9-11-3-7-13(15)8-4-11;1-8-4-2-3-5-10(8)12-7-9-6-11-9;4-1-3-2-5-3/h3-10,16-17H,1-2H3;1-8H,9,14-15H2;2-5,9H,6-7H2,1H3;3H,1-2H2. The fourth-order valence-corrected chi connectivity index (χ4v) is 4.83. The Morgan fingerprint density at radius 1 is 0.673 bits per heavy atom. The van der Waals surface area contributed by atoms with E-state index < -0.39 is 0 Å². The number of hydrogen-bond acceptors (Lipinski definition) is 7. The minimum Gasteiger partial charge on any atom is -0.508 e. The summed E-state index contributed by atoms with van der Waals surface area (Å²) in [5, 5.41) is 18.6. The van der Waals surface area contributed by atoms with Gasteiger partial charge in [-0.15, -0.1) is 11.6 Å². The third-order valence-electron chi connectivity index (χ3n) is 8.04. The van der Waals surface area contributed by atoms with E-state index in [0.717, 1.165) is 47.9 Å². The van der Waals surface area contributed by atoms with Gasteiger partial charge in [0.1, 0.15) is 30.0 Å². The molecule has 258 valence electrons. The van der Waals surface area contributed by atoms with Gasteiger partial charge in [0.15, 0.2) is 0 Å². The van der Waals surface area contributed by atoms with Crippen LogP contribution in [-0.2, 0) is 21.3 Å². The topological polar surface area (TPSA) is 127 Å². The van der Waals surface area contributed by atoms with Gasteiger partial charge < -0.3 is 35.9 Å². The summed E-state index contributed by atoms with van der Waals surface area (Å²) >= 11 is 5.27. The van der Waals surface area contributed by atoms with Crippen LogP contribution in [-0.4, -0.2) is 48.1 Å². The van der Waals surface area contributed by atoms with Crippen LogP contribution in [0.15, 0.2) is 121 Å². The maximum atomic E-state index is 9.30. The molecule has 0 spiro atoms. The molecule has 0 radical (unpaired) electrons. The third-order valence-corrected chi connectivity index (χ3v) is 8.39. The van der Waals surface area contributed by atoms with Crippen LogP contribution in [0, 0.1) is 6.92 Å². The van der Waals surface area contributed by atoms with Gasteiger partial charge in [-0.05, 0) is 95.8 Å². The highest BCUT2D eigenvalue weighted by atomic mass is 35.5. The van der Waals surface area contributed by atoms with Crippen molar-refractivity contribution in [2.24, 2.45) is 0 Å². The van der Waals surface area contributed by atoms with Crippen molar-refractivity contribution in [1.82, 2.24) is 0 Å². The predicted octanol–water partition coefficient (Wildman–Crippen LogP) is 8.26. The lowest BCUT2D eigenvalue weighted by atomic mass is 9.78. The summed E-state index contributed by atoms with van der Waals surface area (Å²) in [4.78, 5) is 0. The summed E-state index contributed by atoms with van der Waals surface area (Å²) in [5.41, 5.74) is 18.6. The van der Waals surface area contributed by atoms with Crippen LogP contribution in [0.4, 0.5) is 11.4 Å². The Balaban J connectivity index is 0.000000156. The molecule has 0 amide bonds. The minimum absolute atomic E-state index is 0.151. The molecule has 5 aromatic rings. The summed E-state index contributed by atoms with van der Waals surface area (Å²) in [6, 6.07) is 38.3. The van der Waals surface area contributed by atoms with Crippen molar-refractivity contribution in [3.05, 3.63) is 149 Å². The molecular formula is C41H47ClN2O5. The van der Waals surface area contributed by atoms with Crippen molar-refractivity contribution in [2.45, 2.75) is 44.8 Å². The SMILES string of the molecule is CC(C)(c1ccc(O)cc1)c1ccc(O)cc1.Cc1ccccc1OCC1CO1.ClCC1CO1.Nc1ccc(Cc2ccc(N)cc2)cc1. The normalized spacial score (nSPS) is 15.6. The molecule has 7 rings (SSSR count). The number of nitrogen functional groups attached to an aromatic ring is 2. The second kappa shape index (κ2) is 18.2. The molecule has 2 heterocycles. The van der Waals surface area contributed by atoms with Gasteiger partial charge in [0, 0.05) is 16.8 Å². The van der Waals surface area contributed by atoms with E-state index in [2.05, 4.69) is 13.8 Å². The summed E-state index contributed by atoms with van der Waals surface area (Å²) in [5.74, 6) is 2.18. The lowest BCUT2D eigenvalue weighted by molar-refractivity contribution is 0.262. The predicted molar refractivity (Wildman–Crippen MR) is 200 cm³/mol. The maximum Gasteiger partial charge on any atom is 0.122 e. The van der Waals surface area contributed by atoms with E-state index in [4.69, 9.17) is 37.3 Å². The number of hydrogen-bond donors (Lipinski definition) is 4. The van der Waals surface area contributed by atoms with E-state index in [9.17, 15) is 10.2 Å². The third kappa shape index (κ3) is 13.0. The van der Waals surface area contributed by atoms with E-state index in [-0.39, 0.29) is 16.9 Å². The zero-order valence-electron chi connectivity index (χ0n) is 28.4. The number of phenolic OH excluding ortho intramolecular Hbond substituents is 2. The maximum absolute atomic E-state index is 9.30. The Kier molecular flexibility index (Phi) is 13.8. The number of aromatic hydroxyl groups is 2. The molecule has 0 aliphatic carbocycles. The summed E-state index contributed by atoms with van der Waals surface area (Å²) in [6.07, 6.45) is 1.65. The first kappa shape index (κ1) is 37.1. The number of aryl methyl sites for hydroxylation is 1. The molecule has 5 aromatic carbocycles. The van der Waals surface area contributed by atoms with E-state index in [1.165, 1.54) is 16.7 Å². The Bertz CT molecular complexity index is 1590. The molecule has 49 heavy (non-hydrogen) atoms. The van der Waals surface area contributed by atoms with Gasteiger partial charge in [0.05, 0.1) is 25.2 Å². The van der Waals surface area contributed by atoms with Crippen molar-refractivity contribution >= 4 is 23.0 Å². The number of alkyl halides is 1. The fraction of sp³-hybridized carbons (Fsp3) is 0.268. The molecule has 6 N–H and O–H groups in total. The molecule has 2 fully saturated rings. The molecule has 2 atom stereocenters. The molecule has 8 heteroatoms. The zero-order valence-corrected chi connectivity index (χ0v) is 29.1. The van der Waals surface area contributed by atoms with Gasteiger partial charge in [-0.2, -0.15) is 0 Å². The highest BCUT2D eigenvalue weighted by molar-refractivity contribution is 6.18. The van der Waals surface area contributed by atoms with E-state index in [1.54, 1.807) is 24.3 Å². The van der Waals surface area contributed by atoms with Crippen molar-refractivity contribution in [3.63, 3.8) is 0 Å². The van der Waals surface area contributed by atoms with Gasteiger partial charge in [-0.1, -0.05) is 80.6 Å². The quantitative estimate of drug-likeness (QED) is 0.0737. The first-order chi connectivity index (χ1) is 23.5. The number of ether oxygens (including phenoxy) is 3. The molecule has 0 bridgehead atoms. The van der Waals surface area contributed by atoms with Crippen LogP contribution < -0.4 is 16.2 Å². The van der Waals surface area contributed by atoms with Crippen molar-refractivity contribution < 1.29 is 24.4 Å². The monoisotopic (exact) mass is 682 g/mol. The fourth-order valence-electron chi connectivity index (χ4n) is 4.65. The lowest BCUT2D eigenvalue weighted by Gasteiger charge is -2.26. The highest BCUT2D eigenvalue weighted by Gasteiger charge is 2.24. The first-order valence-corrected chi connectivity index (χ1v) is 16.8. The average Bonchev–Trinajstić information content (AvgIpc) is 4.04. The van der Waals surface area contributed by atoms with Gasteiger partial charge in [-0.25, -0.2) is 0 Å². The molecule has 7 nitrogen and oxygen atoms in total. The van der Waals surface area contributed by atoms with Crippen LogP contribution >= 0.6 is 11.6 Å². The lowest BCUT2D eigenvalue weighted by Crippen LogP contribution is -2.18. The number of nitrogens with two attached hydrogens (primary N) is 2. The molecule has 2 saturated heterocycles. The summed E-state index contributed by atoms with van der Waals surface area (Å²) < 4.78 is 15.3. The van der Waals surface area contributed by atoms with Crippen LogP contribution in [0.5, 0.6) is 17.2 Å². The second-order valence-corrected chi connectivity index (χ2v) is 12.8. The van der Waals surface area contributed by atoms with Gasteiger partial charge in [-0.3, -0.25) is 0 Å². The molecule has 2 aliphatic rings. The minimum atomic E-state index is -0.151. The molecule has 0 saturated carbocycles. The molecule has 2 aliphatic heterocycles. The Morgan fingerprint density at radius 3 is 1.47 bits per heavy atom. The Morgan fingerprint density at radius 2 is 1.10 bits per heavy atom. The number of halogens is 1. The number of para-hydroxylation sites is 1. The molecule has 2 unspecified atom stereocenters. The van der Waals surface area contributed by atoms with Crippen LogP contribution in [0.25, 0.3) is 0 Å². The van der Waals surface area contributed by atoms with Gasteiger partial charge in [0.25, 0.3) is 0 Å². The highest BCUT2D eigenvalue weighted by Crippen LogP contribution is 2.33. The van der Waals surface area contributed by atoms with E-state index in [1.807, 2.05) is 104 Å². The average molecular weight is 683 g/mol. The van der Waals surface area contributed by atoms with Gasteiger partial charge >= 0.3 is 0 Å². The number of benzene rings is 5. The second-order valence-electron chi connectivity index (χ2n) is 12.5. The van der Waals surface area contributed by atoms with E-state index in [0.29, 0.717) is 24.7 Å². The van der Waals surface area contributed by atoms with Crippen LogP contribution in [0.1, 0.15) is 41.7 Å². The number of epoxide rings is 2. The van der Waals surface area contributed by atoms with Crippen molar-refractivity contribution in [2.75, 3.05) is 37.2 Å². The molecule has 0 aromatic heterocycles. The smallest absolute Gasteiger partial charge is 0.122 e. The van der Waals surface area contributed by atoms with Crippen molar-refractivity contribution in [1.29, 1.82) is 0 Å². The number of anilines is 2. The number of phenols is 2. The van der Waals surface area contributed by atoms with E-state index >= 15 is 0 Å². The first-order valence-electron chi connectivity index (χ1n) is 16.3. The van der Waals surface area contributed by atoms with Gasteiger partial charge in [0.2, 0.25) is 0 Å². The van der Waals surface area contributed by atoms with Crippen LogP contribution in [0.3, 0.4) is 0 Å². The number of rotatable bonds is 8. The largest absolute Gasteiger partial charge is 0.508 e. The Hall–Kier alpha value is -4.69.